The van der Waals surface area contributed by atoms with E-state index < -0.39 is 0 Å². The second kappa shape index (κ2) is 4.75. The van der Waals surface area contributed by atoms with Crippen molar-refractivity contribution < 1.29 is 0 Å². The normalized spacial score (nSPS) is 34.3. The zero-order valence-electron chi connectivity index (χ0n) is 10.5. The third-order valence-electron chi connectivity index (χ3n) is 4.47. The molecular formula is C14H21N3. The molecular weight excluding hydrogens is 210 g/mol. The molecule has 0 spiro atoms. The quantitative estimate of drug-likeness (QED) is 0.799. The third-order valence-corrected chi connectivity index (χ3v) is 4.47. The zero-order chi connectivity index (χ0) is 11.7. The van der Waals surface area contributed by atoms with Gasteiger partial charge in [-0.25, -0.2) is 0 Å². The van der Waals surface area contributed by atoms with Gasteiger partial charge in [0.25, 0.3) is 0 Å². The fraction of sp³-hybridized carbons (Fsp3) is 0.643. The van der Waals surface area contributed by atoms with Gasteiger partial charge in [-0.1, -0.05) is 6.42 Å². The molecule has 3 rings (SSSR count). The van der Waals surface area contributed by atoms with Crippen molar-refractivity contribution in [3.8, 4) is 0 Å². The molecule has 17 heavy (non-hydrogen) atoms. The van der Waals surface area contributed by atoms with E-state index in [1.165, 1.54) is 31.4 Å². The van der Waals surface area contributed by atoms with Crippen LogP contribution in [0.4, 0.5) is 0 Å². The highest BCUT2D eigenvalue weighted by Gasteiger charge is 2.36. The Hall–Kier alpha value is -0.930. The monoisotopic (exact) mass is 231 g/mol. The fourth-order valence-corrected chi connectivity index (χ4v) is 3.51. The Morgan fingerprint density at radius 2 is 2.06 bits per heavy atom. The van der Waals surface area contributed by atoms with Crippen LogP contribution >= 0.6 is 0 Å². The molecule has 1 saturated heterocycles. The Morgan fingerprint density at radius 1 is 1.24 bits per heavy atom. The lowest BCUT2D eigenvalue weighted by molar-refractivity contribution is 0.164. The van der Waals surface area contributed by atoms with Gasteiger partial charge in [-0.2, -0.15) is 0 Å². The van der Waals surface area contributed by atoms with Crippen LogP contribution in [0.25, 0.3) is 0 Å². The van der Waals surface area contributed by atoms with Crippen molar-refractivity contribution in [2.75, 3.05) is 20.1 Å². The average molecular weight is 231 g/mol. The number of hydrogen-bond donors (Lipinski definition) is 1. The van der Waals surface area contributed by atoms with Crippen LogP contribution in [0.3, 0.4) is 0 Å². The van der Waals surface area contributed by atoms with Crippen molar-refractivity contribution in [3.05, 3.63) is 30.1 Å². The highest BCUT2D eigenvalue weighted by molar-refractivity contribution is 5.17. The van der Waals surface area contributed by atoms with E-state index in [9.17, 15) is 0 Å². The first-order valence-corrected chi connectivity index (χ1v) is 6.69. The van der Waals surface area contributed by atoms with Gasteiger partial charge in [0.05, 0.1) is 0 Å². The highest BCUT2D eigenvalue weighted by atomic mass is 15.2. The summed E-state index contributed by atoms with van der Waals surface area (Å²) in [6.45, 7) is 2.25. The molecule has 2 heterocycles. The molecule has 1 aromatic heterocycles. The van der Waals surface area contributed by atoms with Crippen molar-refractivity contribution in [2.24, 2.45) is 5.92 Å². The van der Waals surface area contributed by atoms with E-state index in [4.69, 9.17) is 0 Å². The van der Waals surface area contributed by atoms with E-state index in [1.54, 1.807) is 0 Å². The molecule has 3 nitrogen and oxygen atoms in total. The first-order valence-electron chi connectivity index (χ1n) is 6.69. The molecule has 1 aromatic rings. The van der Waals surface area contributed by atoms with E-state index in [1.807, 2.05) is 12.4 Å². The summed E-state index contributed by atoms with van der Waals surface area (Å²) in [5.74, 6) is 0.854. The van der Waals surface area contributed by atoms with Crippen molar-refractivity contribution >= 4 is 0 Å². The topological polar surface area (TPSA) is 28.2 Å². The maximum atomic E-state index is 4.12. The number of rotatable bonds is 1. The van der Waals surface area contributed by atoms with Crippen molar-refractivity contribution in [2.45, 2.75) is 31.3 Å². The van der Waals surface area contributed by atoms with E-state index >= 15 is 0 Å². The molecule has 0 bridgehead atoms. The van der Waals surface area contributed by atoms with Gasteiger partial charge >= 0.3 is 0 Å². The van der Waals surface area contributed by atoms with Gasteiger partial charge in [0.2, 0.25) is 0 Å². The summed E-state index contributed by atoms with van der Waals surface area (Å²) in [5, 5.41) is 3.64. The predicted octanol–water partition coefficient (Wildman–Crippen LogP) is 1.83. The third kappa shape index (κ3) is 2.09. The number of pyridine rings is 1. The van der Waals surface area contributed by atoms with Crippen LogP contribution in [-0.4, -0.2) is 36.1 Å². The minimum atomic E-state index is 0.506. The first-order chi connectivity index (χ1) is 8.36. The van der Waals surface area contributed by atoms with Crippen LogP contribution in [0.15, 0.2) is 24.5 Å². The molecule has 1 saturated carbocycles. The van der Waals surface area contributed by atoms with Crippen LogP contribution < -0.4 is 5.32 Å². The van der Waals surface area contributed by atoms with Crippen LogP contribution in [0, 0.1) is 5.92 Å². The molecule has 0 aromatic carbocycles. The number of fused-ring (bicyclic) bond motifs is 1. The molecule has 3 atom stereocenters. The fourth-order valence-electron chi connectivity index (χ4n) is 3.51. The predicted molar refractivity (Wildman–Crippen MR) is 68.7 cm³/mol. The molecule has 3 unspecified atom stereocenters. The van der Waals surface area contributed by atoms with Gasteiger partial charge in [0.1, 0.15) is 0 Å². The summed E-state index contributed by atoms with van der Waals surface area (Å²) < 4.78 is 0. The van der Waals surface area contributed by atoms with E-state index in [2.05, 4.69) is 34.4 Å². The summed E-state index contributed by atoms with van der Waals surface area (Å²) >= 11 is 0. The number of hydrogen-bond acceptors (Lipinski definition) is 3. The maximum absolute atomic E-state index is 4.12. The van der Waals surface area contributed by atoms with Gasteiger partial charge in [-0.3, -0.25) is 9.88 Å². The lowest BCUT2D eigenvalue weighted by Crippen LogP contribution is -2.37. The number of nitrogens with zero attached hydrogens (tertiary/aromatic N) is 2. The number of likely N-dealkylation sites (N-methyl/N-ethyl adjacent to an activating group) is 1. The molecule has 92 valence electrons. The van der Waals surface area contributed by atoms with Crippen LogP contribution in [0.2, 0.25) is 0 Å². The Balaban J connectivity index is 1.85. The Bertz CT molecular complexity index is 365. The molecule has 1 N–H and O–H groups in total. The van der Waals surface area contributed by atoms with Crippen molar-refractivity contribution in [1.82, 2.24) is 15.2 Å². The van der Waals surface area contributed by atoms with Gasteiger partial charge in [0, 0.05) is 31.0 Å². The minimum absolute atomic E-state index is 0.506. The zero-order valence-corrected chi connectivity index (χ0v) is 10.5. The highest BCUT2D eigenvalue weighted by Crippen LogP contribution is 2.35. The standard InChI is InChI=1S/C14H21N3/c1-17-13-4-2-3-12(13)9-16-10-14(17)11-5-7-15-8-6-11/h5-8,12-14,16H,2-4,9-10H2,1H3. The van der Waals surface area contributed by atoms with Crippen LogP contribution in [0.5, 0.6) is 0 Å². The summed E-state index contributed by atoms with van der Waals surface area (Å²) in [5.41, 5.74) is 1.39. The average Bonchev–Trinajstić information content (AvgIpc) is 2.78. The van der Waals surface area contributed by atoms with Gasteiger partial charge < -0.3 is 5.32 Å². The molecule has 3 heteroatoms. The summed E-state index contributed by atoms with van der Waals surface area (Å²) in [6, 6.07) is 5.57. The number of aromatic nitrogens is 1. The van der Waals surface area contributed by atoms with Gasteiger partial charge in [0.15, 0.2) is 0 Å². The summed E-state index contributed by atoms with van der Waals surface area (Å²) in [4.78, 5) is 6.71. The number of nitrogens with one attached hydrogen (secondary N) is 1. The van der Waals surface area contributed by atoms with Crippen molar-refractivity contribution in [1.29, 1.82) is 0 Å². The van der Waals surface area contributed by atoms with Crippen molar-refractivity contribution in [3.63, 3.8) is 0 Å². The SMILES string of the molecule is CN1C(c2ccncc2)CNCC2CCCC21. The Kier molecular flexibility index (Phi) is 3.12. The summed E-state index contributed by atoms with van der Waals surface area (Å²) in [6.07, 6.45) is 7.96. The second-order valence-electron chi connectivity index (χ2n) is 5.38. The molecule has 2 aliphatic rings. The molecule has 0 radical (unpaired) electrons. The summed E-state index contributed by atoms with van der Waals surface area (Å²) in [7, 11) is 2.29. The van der Waals surface area contributed by atoms with E-state index in [0.29, 0.717) is 6.04 Å². The Morgan fingerprint density at radius 3 is 2.88 bits per heavy atom. The molecule has 0 amide bonds. The van der Waals surface area contributed by atoms with E-state index in [0.717, 1.165) is 18.5 Å². The Labute approximate surface area is 103 Å². The largest absolute Gasteiger partial charge is 0.314 e. The molecule has 1 aliphatic heterocycles. The second-order valence-corrected chi connectivity index (χ2v) is 5.38. The van der Waals surface area contributed by atoms with Crippen LogP contribution in [-0.2, 0) is 0 Å². The van der Waals surface area contributed by atoms with Gasteiger partial charge in [-0.15, -0.1) is 0 Å². The molecule has 1 aliphatic carbocycles. The maximum Gasteiger partial charge on any atom is 0.0473 e. The molecule has 2 fully saturated rings. The van der Waals surface area contributed by atoms with Gasteiger partial charge in [-0.05, 0) is 50.0 Å². The lowest BCUT2D eigenvalue weighted by Gasteiger charge is -2.33. The van der Waals surface area contributed by atoms with E-state index in [-0.39, 0.29) is 0 Å². The minimum Gasteiger partial charge on any atom is -0.314 e. The van der Waals surface area contributed by atoms with Crippen LogP contribution in [0.1, 0.15) is 30.9 Å². The first kappa shape index (κ1) is 11.2. The smallest absolute Gasteiger partial charge is 0.0473 e. The lowest BCUT2D eigenvalue weighted by atomic mass is 10.0.